The molecule has 1 aliphatic heterocycles. The van der Waals surface area contributed by atoms with E-state index in [0.717, 1.165) is 37.9 Å². The van der Waals surface area contributed by atoms with Crippen LogP contribution in [0.5, 0.6) is 0 Å². The Morgan fingerprint density at radius 3 is 2.56 bits per heavy atom. The zero-order valence-electron chi connectivity index (χ0n) is 14.8. The molecule has 25 heavy (non-hydrogen) atoms. The van der Waals surface area contributed by atoms with Gasteiger partial charge in [-0.1, -0.05) is 42.1 Å². The van der Waals surface area contributed by atoms with Crippen LogP contribution in [0.1, 0.15) is 25.5 Å². The van der Waals surface area contributed by atoms with E-state index < -0.39 is 0 Å². The van der Waals surface area contributed by atoms with E-state index >= 15 is 0 Å². The average Bonchev–Trinajstić information content (AvgIpc) is 3.10. The van der Waals surface area contributed by atoms with Crippen LogP contribution in [0.4, 0.5) is 0 Å². The maximum absolute atomic E-state index is 12.5. The number of carbonyl (C=O) groups is 1. The molecule has 0 unspecified atom stereocenters. The van der Waals surface area contributed by atoms with Gasteiger partial charge in [-0.05, 0) is 19.4 Å². The van der Waals surface area contributed by atoms with Crippen molar-refractivity contribution in [3.05, 3.63) is 42.2 Å². The number of piperazine rings is 1. The molecule has 134 valence electrons. The summed E-state index contributed by atoms with van der Waals surface area (Å²) in [5, 5.41) is 8.87. The fourth-order valence-electron chi connectivity index (χ4n) is 2.90. The summed E-state index contributed by atoms with van der Waals surface area (Å²) >= 11 is 1.47. The lowest BCUT2D eigenvalue weighted by Crippen LogP contribution is -2.48. The van der Waals surface area contributed by atoms with Gasteiger partial charge >= 0.3 is 0 Å². The van der Waals surface area contributed by atoms with E-state index in [2.05, 4.69) is 53.2 Å². The molecule has 0 aliphatic carbocycles. The second kappa shape index (κ2) is 8.49. The first-order chi connectivity index (χ1) is 12.1. The summed E-state index contributed by atoms with van der Waals surface area (Å²) in [6.45, 7) is 8.56. The molecule has 0 bridgehead atoms. The SMILES string of the molecule is CC(C)n1cnnc1SCC(=O)N1CCN(Cc2ccccc2)CC1. The van der Waals surface area contributed by atoms with Crippen molar-refractivity contribution in [2.45, 2.75) is 31.6 Å². The van der Waals surface area contributed by atoms with Crippen molar-refractivity contribution in [3.63, 3.8) is 0 Å². The van der Waals surface area contributed by atoms with Crippen LogP contribution in [0.2, 0.25) is 0 Å². The highest BCUT2D eigenvalue weighted by atomic mass is 32.2. The summed E-state index contributed by atoms with van der Waals surface area (Å²) < 4.78 is 2.00. The largest absolute Gasteiger partial charge is 0.339 e. The molecule has 1 fully saturated rings. The van der Waals surface area contributed by atoms with Crippen LogP contribution in [0, 0.1) is 0 Å². The summed E-state index contributed by atoms with van der Waals surface area (Å²) in [7, 11) is 0. The van der Waals surface area contributed by atoms with E-state index in [-0.39, 0.29) is 5.91 Å². The molecule has 1 aliphatic rings. The Balaban J connectivity index is 1.44. The number of hydrogen-bond acceptors (Lipinski definition) is 5. The molecule has 0 N–H and O–H groups in total. The second-order valence-electron chi connectivity index (χ2n) is 6.55. The van der Waals surface area contributed by atoms with Gasteiger partial charge in [0.2, 0.25) is 5.91 Å². The summed E-state index contributed by atoms with van der Waals surface area (Å²) in [4.78, 5) is 16.8. The molecule has 3 rings (SSSR count). The van der Waals surface area contributed by atoms with Gasteiger partial charge in [-0.2, -0.15) is 0 Å². The number of amides is 1. The fourth-order valence-corrected chi connectivity index (χ4v) is 3.85. The Morgan fingerprint density at radius 1 is 1.16 bits per heavy atom. The van der Waals surface area contributed by atoms with Crippen LogP contribution >= 0.6 is 11.8 Å². The number of thioether (sulfide) groups is 1. The van der Waals surface area contributed by atoms with Gasteiger partial charge in [0.1, 0.15) is 6.33 Å². The number of aromatic nitrogens is 3. The molecular formula is C18H25N5OS. The number of hydrogen-bond donors (Lipinski definition) is 0. The van der Waals surface area contributed by atoms with Crippen molar-refractivity contribution in [2.75, 3.05) is 31.9 Å². The molecule has 7 heteroatoms. The summed E-state index contributed by atoms with van der Waals surface area (Å²) in [5.41, 5.74) is 1.32. The lowest BCUT2D eigenvalue weighted by Gasteiger charge is -2.34. The zero-order chi connectivity index (χ0) is 17.6. The Bertz CT molecular complexity index is 680. The zero-order valence-corrected chi connectivity index (χ0v) is 15.7. The minimum Gasteiger partial charge on any atom is -0.339 e. The lowest BCUT2D eigenvalue weighted by molar-refractivity contribution is -0.130. The maximum atomic E-state index is 12.5. The molecule has 1 aromatic carbocycles. The van der Waals surface area contributed by atoms with E-state index in [1.165, 1.54) is 17.3 Å². The number of benzene rings is 1. The molecule has 2 heterocycles. The maximum Gasteiger partial charge on any atom is 0.233 e. The van der Waals surface area contributed by atoms with Crippen molar-refractivity contribution in [2.24, 2.45) is 0 Å². The van der Waals surface area contributed by atoms with Crippen LogP contribution in [0.25, 0.3) is 0 Å². The predicted octanol–water partition coefficient (Wildman–Crippen LogP) is 2.30. The van der Waals surface area contributed by atoms with Crippen LogP contribution in [0.3, 0.4) is 0 Å². The van der Waals surface area contributed by atoms with E-state index in [9.17, 15) is 4.79 Å². The van der Waals surface area contributed by atoms with Gasteiger partial charge in [-0.25, -0.2) is 0 Å². The molecule has 0 saturated carbocycles. The Hall–Kier alpha value is -1.86. The van der Waals surface area contributed by atoms with Crippen molar-refractivity contribution in [1.29, 1.82) is 0 Å². The van der Waals surface area contributed by atoms with Crippen molar-refractivity contribution >= 4 is 17.7 Å². The molecule has 0 radical (unpaired) electrons. The third-order valence-corrected chi connectivity index (χ3v) is 5.34. The van der Waals surface area contributed by atoms with Crippen molar-refractivity contribution in [3.8, 4) is 0 Å². The quantitative estimate of drug-likeness (QED) is 0.741. The number of nitrogens with zero attached hydrogens (tertiary/aromatic N) is 5. The highest BCUT2D eigenvalue weighted by Gasteiger charge is 2.21. The van der Waals surface area contributed by atoms with Gasteiger partial charge in [-0.15, -0.1) is 10.2 Å². The molecule has 0 spiro atoms. The summed E-state index contributed by atoms with van der Waals surface area (Å²) in [6.07, 6.45) is 1.72. The normalized spacial score (nSPS) is 15.7. The first-order valence-corrected chi connectivity index (χ1v) is 9.68. The van der Waals surface area contributed by atoms with E-state index in [1.807, 2.05) is 15.5 Å². The van der Waals surface area contributed by atoms with Crippen molar-refractivity contribution in [1.82, 2.24) is 24.6 Å². The minimum atomic E-state index is 0.183. The van der Waals surface area contributed by atoms with E-state index in [1.54, 1.807) is 6.33 Å². The number of carbonyl (C=O) groups excluding carboxylic acids is 1. The van der Waals surface area contributed by atoms with Gasteiger partial charge in [-0.3, -0.25) is 9.69 Å². The third kappa shape index (κ3) is 4.83. The van der Waals surface area contributed by atoms with Gasteiger partial charge in [0.15, 0.2) is 5.16 Å². The molecule has 1 saturated heterocycles. The second-order valence-corrected chi connectivity index (χ2v) is 7.49. The Kier molecular flexibility index (Phi) is 6.09. The highest BCUT2D eigenvalue weighted by Crippen LogP contribution is 2.19. The molecule has 1 aromatic heterocycles. The Morgan fingerprint density at radius 2 is 1.88 bits per heavy atom. The van der Waals surface area contributed by atoms with Crippen LogP contribution in [-0.4, -0.2) is 62.4 Å². The van der Waals surface area contributed by atoms with Gasteiger partial charge in [0.25, 0.3) is 0 Å². The summed E-state index contributed by atoms with van der Waals surface area (Å²) in [6, 6.07) is 10.8. The molecular weight excluding hydrogens is 334 g/mol. The molecule has 2 aromatic rings. The minimum absolute atomic E-state index is 0.183. The highest BCUT2D eigenvalue weighted by molar-refractivity contribution is 7.99. The molecule has 0 atom stereocenters. The van der Waals surface area contributed by atoms with Gasteiger partial charge in [0.05, 0.1) is 5.75 Å². The van der Waals surface area contributed by atoms with Gasteiger partial charge < -0.3 is 9.47 Å². The van der Waals surface area contributed by atoms with Crippen LogP contribution < -0.4 is 0 Å². The topological polar surface area (TPSA) is 54.3 Å². The van der Waals surface area contributed by atoms with E-state index in [4.69, 9.17) is 0 Å². The standard InChI is InChI=1S/C18H25N5OS/c1-15(2)23-14-19-20-18(23)25-13-17(24)22-10-8-21(9-11-22)12-16-6-4-3-5-7-16/h3-7,14-15H,8-13H2,1-2H3. The van der Waals surface area contributed by atoms with Crippen LogP contribution in [0.15, 0.2) is 41.8 Å². The first kappa shape index (κ1) is 17.9. The lowest BCUT2D eigenvalue weighted by atomic mass is 10.2. The van der Waals surface area contributed by atoms with Gasteiger partial charge in [0, 0.05) is 38.8 Å². The number of rotatable bonds is 6. The van der Waals surface area contributed by atoms with Crippen LogP contribution in [-0.2, 0) is 11.3 Å². The fraction of sp³-hybridized carbons (Fsp3) is 0.500. The third-order valence-electron chi connectivity index (χ3n) is 4.40. The molecule has 6 nitrogen and oxygen atoms in total. The monoisotopic (exact) mass is 359 g/mol. The predicted molar refractivity (Wildman–Crippen MR) is 99.4 cm³/mol. The smallest absolute Gasteiger partial charge is 0.233 e. The first-order valence-electron chi connectivity index (χ1n) is 8.70. The van der Waals surface area contributed by atoms with Crippen molar-refractivity contribution < 1.29 is 4.79 Å². The Labute approximate surface area is 153 Å². The summed E-state index contributed by atoms with van der Waals surface area (Å²) in [5.74, 6) is 0.604. The van der Waals surface area contributed by atoms with E-state index in [0.29, 0.717) is 11.8 Å². The average molecular weight is 359 g/mol. The molecule has 1 amide bonds.